The van der Waals surface area contributed by atoms with E-state index in [1.165, 1.54) is 11.1 Å². The third-order valence-electron chi connectivity index (χ3n) is 5.52. The molecule has 3 N–H and O–H groups in total. The number of hydrogen-bond donors (Lipinski definition) is 3. The number of benzene rings is 1. The molecule has 4 heterocycles. The maximum absolute atomic E-state index is 4.67. The van der Waals surface area contributed by atoms with Gasteiger partial charge in [-0.2, -0.15) is 0 Å². The second-order valence-corrected chi connectivity index (χ2v) is 8.04. The summed E-state index contributed by atoms with van der Waals surface area (Å²) in [6.07, 6.45) is 4.14. The normalized spacial score (nSPS) is 15.8. The lowest BCUT2D eigenvalue weighted by atomic mass is 10.0. The third kappa shape index (κ3) is 5.36. The Morgan fingerprint density at radius 2 is 1.70 bits per heavy atom. The second-order valence-electron chi connectivity index (χ2n) is 8.04. The summed E-state index contributed by atoms with van der Waals surface area (Å²) in [6, 6.07) is 18.5. The summed E-state index contributed by atoms with van der Waals surface area (Å²) in [5.74, 6) is 2.67. The van der Waals surface area contributed by atoms with Crippen molar-refractivity contribution in [1.29, 1.82) is 0 Å². The van der Waals surface area contributed by atoms with E-state index in [0.717, 1.165) is 36.8 Å². The largest absolute Gasteiger partial charge is 0.325 e. The van der Waals surface area contributed by atoms with E-state index in [-0.39, 0.29) is 0 Å². The van der Waals surface area contributed by atoms with Crippen LogP contribution in [0.1, 0.15) is 28.7 Å². The quantitative estimate of drug-likeness (QED) is 0.422. The van der Waals surface area contributed by atoms with E-state index in [1.54, 1.807) is 12.4 Å². The highest BCUT2D eigenvalue weighted by atomic mass is 15.1. The van der Waals surface area contributed by atoms with Crippen molar-refractivity contribution in [1.82, 2.24) is 35.6 Å². The van der Waals surface area contributed by atoms with Crippen LogP contribution in [0.5, 0.6) is 0 Å². The Morgan fingerprint density at radius 3 is 2.48 bits per heavy atom. The Hall–Kier alpha value is -3.75. The smallest absolute Gasteiger partial charge is 0.180 e. The predicted octanol–water partition coefficient (Wildman–Crippen LogP) is 3.21. The first-order valence-electron chi connectivity index (χ1n) is 11.1. The minimum absolute atomic E-state index is 0.365. The molecule has 1 unspecified atom stereocenters. The van der Waals surface area contributed by atoms with Gasteiger partial charge in [0.1, 0.15) is 23.2 Å². The lowest BCUT2D eigenvalue weighted by molar-refractivity contribution is 0.430. The summed E-state index contributed by atoms with van der Waals surface area (Å²) in [5, 5.41) is 10.2. The summed E-state index contributed by atoms with van der Waals surface area (Å²) >= 11 is 0. The first-order valence-corrected chi connectivity index (χ1v) is 11.1. The predicted molar refractivity (Wildman–Crippen MR) is 128 cm³/mol. The van der Waals surface area contributed by atoms with Crippen molar-refractivity contribution >= 4 is 11.6 Å². The van der Waals surface area contributed by atoms with Crippen LogP contribution >= 0.6 is 0 Å². The van der Waals surface area contributed by atoms with Gasteiger partial charge in [-0.25, -0.2) is 24.9 Å². The van der Waals surface area contributed by atoms with Crippen LogP contribution in [0.25, 0.3) is 11.5 Å². The number of aromatic nitrogens is 5. The third-order valence-corrected chi connectivity index (χ3v) is 5.52. The molecule has 8 nitrogen and oxygen atoms in total. The highest BCUT2D eigenvalue weighted by Crippen LogP contribution is 2.19. The van der Waals surface area contributed by atoms with Gasteiger partial charge in [-0.3, -0.25) is 0 Å². The van der Waals surface area contributed by atoms with Crippen molar-refractivity contribution in [2.75, 3.05) is 25.0 Å². The van der Waals surface area contributed by atoms with E-state index in [1.807, 2.05) is 37.3 Å². The van der Waals surface area contributed by atoms with Crippen LogP contribution in [-0.4, -0.2) is 44.6 Å². The fourth-order valence-corrected chi connectivity index (χ4v) is 3.84. The molecule has 166 valence electrons. The van der Waals surface area contributed by atoms with Gasteiger partial charge in [0.25, 0.3) is 0 Å². The molecule has 5 rings (SSSR count). The van der Waals surface area contributed by atoms with Gasteiger partial charge in [0, 0.05) is 50.2 Å². The van der Waals surface area contributed by atoms with E-state index in [4.69, 9.17) is 0 Å². The molecule has 0 radical (unpaired) electrons. The Balaban J connectivity index is 1.27. The van der Waals surface area contributed by atoms with Gasteiger partial charge in [0.2, 0.25) is 0 Å². The van der Waals surface area contributed by atoms with E-state index in [9.17, 15) is 0 Å². The number of anilines is 2. The molecule has 1 atom stereocenters. The number of rotatable bonds is 6. The molecule has 1 aromatic carbocycles. The molecule has 0 bridgehead atoms. The molecule has 0 saturated carbocycles. The van der Waals surface area contributed by atoms with Gasteiger partial charge in [-0.15, -0.1) is 0 Å². The molecule has 8 heteroatoms. The maximum atomic E-state index is 4.67. The van der Waals surface area contributed by atoms with Crippen LogP contribution in [0.15, 0.2) is 67.0 Å². The minimum Gasteiger partial charge on any atom is -0.325 e. The van der Waals surface area contributed by atoms with E-state index >= 15 is 0 Å². The van der Waals surface area contributed by atoms with Crippen LogP contribution in [0, 0.1) is 6.92 Å². The molecular formula is C25H26N8. The van der Waals surface area contributed by atoms with Gasteiger partial charge < -0.3 is 16.0 Å². The number of piperazine rings is 1. The molecule has 0 aliphatic carbocycles. The highest BCUT2D eigenvalue weighted by molar-refractivity contribution is 5.56. The van der Waals surface area contributed by atoms with Crippen molar-refractivity contribution in [2.45, 2.75) is 19.4 Å². The Kier molecular flexibility index (Phi) is 6.27. The topological polar surface area (TPSA) is 101 Å². The Labute approximate surface area is 193 Å². The lowest BCUT2D eigenvalue weighted by Crippen LogP contribution is -2.42. The second kappa shape index (κ2) is 9.81. The van der Waals surface area contributed by atoms with Crippen molar-refractivity contribution in [3.63, 3.8) is 0 Å². The SMILES string of the molecule is Cc1cccc(-c2nccc(Nc3ccnc(Cc4ccc(C5CNCCN5)cc4)n3)n2)n1. The van der Waals surface area contributed by atoms with E-state index in [2.05, 4.69) is 65.1 Å². The first kappa shape index (κ1) is 21.1. The van der Waals surface area contributed by atoms with Crippen LogP contribution in [0.2, 0.25) is 0 Å². The van der Waals surface area contributed by atoms with Crippen LogP contribution < -0.4 is 16.0 Å². The summed E-state index contributed by atoms with van der Waals surface area (Å²) < 4.78 is 0. The highest BCUT2D eigenvalue weighted by Gasteiger charge is 2.14. The van der Waals surface area contributed by atoms with Gasteiger partial charge in [-0.1, -0.05) is 30.3 Å². The summed E-state index contributed by atoms with van der Waals surface area (Å²) in [7, 11) is 0. The van der Waals surface area contributed by atoms with Crippen LogP contribution in [0.4, 0.5) is 11.6 Å². The van der Waals surface area contributed by atoms with Gasteiger partial charge in [0.05, 0.1) is 0 Å². The molecule has 1 fully saturated rings. The van der Waals surface area contributed by atoms with Crippen molar-refractivity contribution in [3.8, 4) is 11.5 Å². The lowest BCUT2D eigenvalue weighted by Gasteiger charge is -2.25. The monoisotopic (exact) mass is 438 g/mol. The standard InChI is InChI=1S/C25H26N8/c1-17-3-2-4-20(30-17)25-29-12-10-23(33-25)31-22-9-11-28-24(32-22)15-18-5-7-19(8-6-18)21-16-26-13-14-27-21/h2-12,21,26-27H,13-16H2,1H3,(H,28,29,31,32,33). The van der Waals surface area contributed by atoms with Gasteiger partial charge in [0.15, 0.2) is 5.82 Å². The number of nitrogens with one attached hydrogen (secondary N) is 3. The van der Waals surface area contributed by atoms with Crippen molar-refractivity contribution in [3.05, 3.63) is 89.6 Å². The molecule has 3 aromatic heterocycles. The van der Waals surface area contributed by atoms with Gasteiger partial charge in [-0.05, 0) is 42.3 Å². The van der Waals surface area contributed by atoms with Crippen molar-refractivity contribution in [2.24, 2.45) is 0 Å². The summed E-state index contributed by atoms with van der Waals surface area (Å²) in [5.41, 5.74) is 4.14. The fraction of sp³-hybridized carbons (Fsp3) is 0.240. The minimum atomic E-state index is 0.365. The zero-order valence-electron chi connectivity index (χ0n) is 18.5. The zero-order valence-corrected chi connectivity index (χ0v) is 18.5. The van der Waals surface area contributed by atoms with Gasteiger partial charge >= 0.3 is 0 Å². The maximum Gasteiger partial charge on any atom is 0.180 e. The molecular weight excluding hydrogens is 412 g/mol. The summed E-state index contributed by atoms with van der Waals surface area (Å²) in [4.78, 5) is 22.6. The number of pyridine rings is 1. The first-order chi connectivity index (χ1) is 16.2. The number of hydrogen-bond acceptors (Lipinski definition) is 8. The molecule has 0 spiro atoms. The molecule has 4 aromatic rings. The average Bonchev–Trinajstić information content (AvgIpc) is 2.85. The number of nitrogens with zero attached hydrogens (tertiary/aromatic N) is 5. The van der Waals surface area contributed by atoms with Crippen LogP contribution in [-0.2, 0) is 6.42 Å². The van der Waals surface area contributed by atoms with Crippen LogP contribution in [0.3, 0.4) is 0 Å². The fourth-order valence-electron chi connectivity index (χ4n) is 3.84. The van der Waals surface area contributed by atoms with Crippen molar-refractivity contribution < 1.29 is 0 Å². The molecule has 1 aliphatic heterocycles. The number of aryl methyl sites for hydroxylation is 1. The molecule has 33 heavy (non-hydrogen) atoms. The summed E-state index contributed by atoms with van der Waals surface area (Å²) in [6.45, 7) is 4.93. The molecule has 1 aliphatic rings. The molecule has 1 saturated heterocycles. The zero-order chi connectivity index (χ0) is 22.5. The van der Waals surface area contributed by atoms with E-state index < -0.39 is 0 Å². The Morgan fingerprint density at radius 1 is 0.879 bits per heavy atom. The van der Waals surface area contributed by atoms with E-state index in [0.29, 0.717) is 29.9 Å². The Bertz CT molecular complexity index is 1220. The average molecular weight is 439 g/mol. The molecule has 0 amide bonds.